The average Bonchev–Trinajstić information content (AvgIpc) is 3.25. The van der Waals surface area contributed by atoms with Crippen LogP contribution < -0.4 is 0 Å². The van der Waals surface area contributed by atoms with E-state index in [1.165, 1.54) is 4.90 Å². The maximum absolute atomic E-state index is 13.0. The smallest absolute Gasteiger partial charge is 0.295 e. The van der Waals surface area contributed by atoms with Crippen molar-refractivity contribution in [3.63, 3.8) is 0 Å². The summed E-state index contributed by atoms with van der Waals surface area (Å²) in [5.41, 5.74) is 2.14. The Hall–Kier alpha value is -3.09. The van der Waals surface area contributed by atoms with Gasteiger partial charge in [-0.05, 0) is 32.3 Å². The summed E-state index contributed by atoms with van der Waals surface area (Å²) in [5.74, 6) is -1.53. The predicted octanol–water partition coefficient (Wildman–Crippen LogP) is 3.80. The van der Waals surface area contributed by atoms with Gasteiger partial charge in [0.2, 0.25) is 0 Å². The highest BCUT2D eigenvalue weighted by Gasteiger charge is 2.46. The summed E-state index contributed by atoms with van der Waals surface area (Å²) in [7, 11) is 3.81. The quantitative estimate of drug-likeness (QED) is 0.371. The maximum Gasteiger partial charge on any atom is 0.295 e. The number of likely N-dealkylation sites (tertiary alicyclic amines) is 1. The molecule has 4 rings (SSSR count). The molecule has 1 amide bonds. The van der Waals surface area contributed by atoms with Crippen molar-refractivity contribution in [3.8, 4) is 0 Å². The zero-order valence-corrected chi connectivity index (χ0v) is 17.5. The van der Waals surface area contributed by atoms with Gasteiger partial charge in [0.1, 0.15) is 5.76 Å². The van der Waals surface area contributed by atoms with Gasteiger partial charge in [0.25, 0.3) is 11.7 Å². The Labute approximate surface area is 179 Å². The summed E-state index contributed by atoms with van der Waals surface area (Å²) in [6.45, 7) is 0.942. The van der Waals surface area contributed by atoms with Crippen LogP contribution in [-0.4, -0.2) is 58.8 Å². The lowest BCUT2D eigenvalue weighted by atomic mass is 9.95. The van der Waals surface area contributed by atoms with Gasteiger partial charge in [0.05, 0.1) is 11.6 Å². The number of aromatic amines is 1. The lowest BCUT2D eigenvalue weighted by Crippen LogP contribution is -2.35. The van der Waals surface area contributed by atoms with Gasteiger partial charge >= 0.3 is 0 Å². The van der Waals surface area contributed by atoms with Crippen LogP contribution in [0, 0.1) is 0 Å². The number of H-pyrrole nitrogens is 1. The number of amides is 1. The third-order valence-electron chi connectivity index (χ3n) is 5.34. The Balaban J connectivity index is 1.91. The van der Waals surface area contributed by atoms with Gasteiger partial charge in [-0.2, -0.15) is 0 Å². The van der Waals surface area contributed by atoms with Crippen molar-refractivity contribution in [2.75, 3.05) is 27.2 Å². The van der Waals surface area contributed by atoms with Gasteiger partial charge < -0.3 is 19.9 Å². The molecule has 2 aromatic carbocycles. The second-order valence-electron chi connectivity index (χ2n) is 7.60. The Bertz CT molecular complexity index is 1170. The molecule has 1 unspecified atom stereocenters. The summed E-state index contributed by atoms with van der Waals surface area (Å²) in [6.07, 6.45) is 1.80. The van der Waals surface area contributed by atoms with Crippen LogP contribution in [0.3, 0.4) is 0 Å². The van der Waals surface area contributed by atoms with Crippen LogP contribution in [0.25, 0.3) is 16.7 Å². The zero-order chi connectivity index (χ0) is 21.4. The highest BCUT2D eigenvalue weighted by molar-refractivity contribution is 6.46. The third kappa shape index (κ3) is 3.49. The summed E-state index contributed by atoms with van der Waals surface area (Å²) < 4.78 is 0. The molecule has 0 radical (unpaired) electrons. The van der Waals surface area contributed by atoms with Crippen LogP contribution in [0.1, 0.15) is 17.2 Å². The van der Waals surface area contributed by atoms with Crippen LogP contribution in [0.15, 0.2) is 60.3 Å². The monoisotopic (exact) mass is 423 g/mol. The Morgan fingerprint density at radius 1 is 1.17 bits per heavy atom. The number of hydrogen-bond acceptors (Lipinski definition) is 4. The molecule has 0 aliphatic carbocycles. The second-order valence-corrected chi connectivity index (χ2v) is 8.03. The van der Waals surface area contributed by atoms with Crippen molar-refractivity contribution >= 4 is 40.0 Å². The van der Waals surface area contributed by atoms with Crippen molar-refractivity contribution in [2.24, 2.45) is 0 Å². The maximum atomic E-state index is 13.0. The number of aliphatic hydroxyl groups excluding tert-OH is 1. The number of Topliss-reactive ketones (excluding diaryl/α,β-unsaturated/α-hetero) is 1. The number of rotatable bonds is 5. The highest BCUT2D eigenvalue weighted by Crippen LogP contribution is 2.41. The highest BCUT2D eigenvalue weighted by atomic mass is 35.5. The summed E-state index contributed by atoms with van der Waals surface area (Å²) >= 11 is 6.08. The Kier molecular flexibility index (Phi) is 5.37. The van der Waals surface area contributed by atoms with Crippen LogP contribution in [-0.2, 0) is 9.59 Å². The molecule has 2 heterocycles. The van der Waals surface area contributed by atoms with E-state index in [1.807, 2.05) is 43.3 Å². The number of carbonyl (C=O) groups excluding carboxylic acids is 2. The normalized spacial score (nSPS) is 18.7. The molecule has 1 aliphatic rings. The number of benzene rings is 2. The summed E-state index contributed by atoms with van der Waals surface area (Å²) in [5, 5.41) is 12.4. The van der Waals surface area contributed by atoms with Crippen LogP contribution in [0.2, 0.25) is 5.02 Å². The number of likely N-dealkylation sites (N-methyl/N-ethyl adjacent to an activating group) is 1. The molecular formula is C23H22ClN3O3. The largest absolute Gasteiger partial charge is 0.507 e. The number of aliphatic hydroxyl groups is 1. The number of carbonyl (C=O) groups is 2. The molecule has 7 heteroatoms. The lowest BCUT2D eigenvalue weighted by Gasteiger charge is -2.26. The molecule has 1 aliphatic heterocycles. The first kappa shape index (κ1) is 20.2. The Morgan fingerprint density at radius 3 is 2.67 bits per heavy atom. The minimum Gasteiger partial charge on any atom is -0.507 e. The second kappa shape index (κ2) is 7.97. The number of fused-ring (bicyclic) bond motifs is 1. The average molecular weight is 424 g/mol. The van der Waals surface area contributed by atoms with E-state index >= 15 is 0 Å². The predicted molar refractivity (Wildman–Crippen MR) is 117 cm³/mol. The fourth-order valence-corrected chi connectivity index (χ4v) is 4.04. The summed E-state index contributed by atoms with van der Waals surface area (Å²) in [6, 6.07) is 13.6. The first-order chi connectivity index (χ1) is 14.4. The van der Waals surface area contributed by atoms with E-state index in [9.17, 15) is 14.7 Å². The standard InChI is InChI=1S/C23H22ClN3O3/c1-26(2)10-11-27-20(17-13-25-18-9-4-3-8-16(17)18)19(22(29)23(27)30)21(28)14-6-5-7-15(24)12-14/h3-9,12-13,20,25,28H,10-11H2,1-2H3/b21-19+. The van der Waals surface area contributed by atoms with Gasteiger partial charge in [-0.25, -0.2) is 0 Å². The van der Waals surface area contributed by atoms with E-state index in [1.54, 1.807) is 30.5 Å². The number of hydrogen-bond donors (Lipinski definition) is 2. The van der Waals surface area contributed by atoms with Crippen LogP contribution >= 0.6 is 11.6 Å². The molecule has 30 heavy (non-hydrogen) atoms. The zero-order valence-electron chi connectivity index (χ0n) is 16.7. The minimum atomic E-state index is -0.694. The van der Waals surface area contributed by atoms with Gasteiger partial charge in [0.15, 0.2) is 0 Å². The number of para-hydroxylation sites is 1. The molecule has 154 valence electrons. The Morgan fingerprint density at radius 2 is 1.93 bits per heavy atom. The van der Waals surface area contributed by atoms with Crippen LogP contribution in [0.4, 0.5) is 0 Å². The van der Waals surface area contributed by atoms with E-state index in [0.717, 1.165) is 16.5 Å². The molecule has 6 nitrogen and oxygen atoms in total. The van der Waals surface area contributed by atoms with E-state index in [2.05, 4.69) is 4.98 Å². The molecule has 1 fully saturated rings. The van der Waals surface area contributed by atoms with Crippen molar-refractivity contribution in [1.82, 2.24) is 14.8 Å². The van der Waals surface area contributed by atoms with Gasteiger partial charge in [-0.3, -0.25) is 9.59 Å². The first-order valence-electron chi connectivity index (χ1n) is 9.63. The SMILES string of the molecule is CN(C)CCN1C(=O)C(=O)/C(=C(/O)c2cccc(Cl)c2)C1c1c[nH]c2ccccc12. The fourth-order valence-electron chi connectivity index (χ4n) is 3.85. The van der Waals surface area contributed by atoms with Crippen molar-refractivity contribution in [2.45, 2.75) is 6.04 Å². The fraction of sp³-hybridized carbons (Fsp3) is 0.217. The van der Waals surface area contributed by atoms with Crippen molar-refractivity contribution in [3.05, 3.63) is 76.5 Å². The number of nitrogens with one attached hydrogen (secondary N) is 1. The molecule has 0 saturated carbocycles. The molecule has 2 N–H and O–H groups in total. The number of halogens is 1. The van der Waals surface area contributed by atoms with E-state index < -0.39 is 17.7 Å². The molecular weight excluding hydrogens is 402 g/mol. The minimum absolute atomic E-state index is 0.0748. The van der Waals surface area contributed by atoms with Crippen LogP contribution in [0.5, 0.6) is 0 Å². The van der Waals surface area contributed by atoms with Crippen molar-refractivity contribution in [1.29, 1.82) is 0 Å². The van der Waals surface area contributed by atoms with E-state index in [-0.39, 0.29) is 11.3 Å². The number of nitrogens with zero attached hydrogens (tertiary/aromatic N) is 2. The van der Waals surface area contributed by atoms with Gasteiger partial charge in [-0.1, -0.05) is 41.9 Å². The molecule has 1 aromatic heterocycles. The molecule has 1 atom stereocenters. The molecule has 0 bridgehead atoms. The van der Waals surface area contributed by atoms with Crippen molar-refractivity contribution < 1.29 is 14.7 Å². The molecule has 0 spiro atoms. The topological polar surface area (TPSA) is 76.6 Å². The van der Waals surface area contributed by atoms with Gasteiger partial charge in [-0.15, -0.1) is 0 Å². The molecule has 3 aromatic rings. The lowest BCUT2D eigenvalue weighted by molar-refractivity contribution is -0.140. The van der Waals surface area contributed by atoms with Gasteiger partial charge in [0, 0.05) is 46.3 Å². The number of ketones is 1. The number of aromatic nitrogens is 1. The third-order valence-corrected chi connectivity index (χ3v) is 5.58. The first-order valence-corrected chi connectivity index (χ1v) is 10.0. The summed E-state index contributed by atoms with van der Waals surface area (Å²) in [4.78, 5) is 32.7. The molecule has 1 saturated heterocycles. The van der Waals surface area contributed by atoms with E-state index in [4.69, 9.17) is 11.6 Å². The van der Waals surface area contributed by atoms with E-state index in [0.29, 0.717) is 23.7 Å².